The quantitative estimate of drug-likeness (QED) is 0.0709. The zero-order chi connectivity index (χ0) is 46.5. The van der Waals surface area contributed by atoms with Crippen molar-refractivity contribution < 1.29 is 119 Å². The van der Waals surface area contributed by atoms with Crippen molar-refractivity contribution in [3.05, 3.63) is 40.4 Å². The number of rotatable bonds is 13. The lowest BCUT2D eigenvalue weighted by Gasteiger charge is -2.46. The van der Waals surface area contributed by atoms with E-state index in [-0.39, 0.29) is 28.0 Å². The largest absolute Gasteiger partial charge is 0.506 e. The van der Waals surface area contributed by atoms with Crippen LogP contribution in [0.5, 0.6) is 17.2 Å². The lowest BCUT2D eigenvalue weighted by atomic mass is 9.96. The van der Waals surface area contributed by atoms with Gasteiger partial charge in [-0.15, -0.1) is 0 Å². The molecule has 4 fully saturated rings. The monoisotopic (exact) mass is 920 g/mol. The predicted molar refractivity (Wildman–Crippen MR) is 205 cm³/mol. The first-order chi connectivity index (χ1) is 30.4. The van der Waals surface area contributed by atoms with E-state index < -0.39 is 161 Å². The first-order valence-electron chi connectivity index (χ1n) is 20.0. The molecular formula is C39H52O25. The third-order valence-corrected chi connectivity index (χ3v) is 11.6. The molecule has 25 nitrogen and oxygen atoms in total. The van der Waals surface area contributed by atoms with Crippen LogP contribution < -0.4 is 15.1 Å². The maximum Gasteiger partial charge on any atom is 0.347 e. The number of methoxy groups -OCH3 is 1. The van der Waals surface area contributed by atoms with E-state index in [1.165, 1.54) is 25.3 Å². The van der Waals surface area contributed by atoms with Crippen molar-refractivity contribution in [3.63, 3.8) is 0 Å². The second kappa shape index (κ2) is 19.8. The van der Waals surface area contributed by atoms with E-state index in [0.29, 0.717) is 10.8 Å². The van der Waals surface area contributed by atoms with Gasteiger partial charge in [0.2, 0.25) is 6.29 Å². The van der Waals surface area contributed by atoms with Crippen LogP contribution in [0, 0.1) is 6.92 Å². The summed E-state index contributed by atoms with van der Waals surface area (Å²) in [7, 11) is 1.35. The summed E-state index contributed by atoms with van der Waals surface area (Å²) in [5.41, 5.74) is -0.848. The Hall–Kier alpha value is -3.49. The molecule has 0 saturated carbocycles. The van der Waals surface area contributed by atoms with Gasteiger partial charge in [-0.3, -0.25) is 0 Å². The molecule has 1 aromatic heterocycles. The Kier molecular flexibility index (Phi) is 15.0. The molecule has 2 aromatic carbocycles. The molecule has 64 heavy (non-hydrogen) atoms. The Bertz CT molecular complexity index is 2120. The third-order valence-electron chi connectivity index (χ3n) is 11.6. The third kappa shape index (κ3) is 9.27. The van der Waals surface area contributed by atoms with Gasteiger partial charge in [0.1, 0.15) is 126 Å². The maximum atomic E-state index is 12.8. The summed E-state index contributed by atoms with van der Waals surface area (Å²) in [6.07, 6.45) is -36.2. The van der Waals surface area contributed by atoms with Crippen molar-refractivity contribution in [1.82, 2.24) is 0 Å². The smallest absolute Gasteiger partial charge is 0.347 e. The molecule has 0 amide bonds. The summed E-state index contributed by atoms with van der Waals surface area (Å²) in [4.78, 5) is 12.8. The molecular weight excluding hydrogens is 868 g/mol. The lowest BCUT2D eigenvalue weighted by Crippen LogP contribution is -2.65. The molecule has 358 valence electrons. The van der Waals surface area contributed by atoms with Crippen LogP contribution in [0.15, 0.2) is 33.5 Å². The van der Waals surface area contributed by atoms with E-state index in [4.69, 9.17) is 47.0 Å². The van der Waals surface area contributed by atoms with E-state index in [1.807, 2.05) is 0 Å². The summed E-state index contributed by atoms with van der Waals surface area (Å²) in [5, 5.41) is 149. The van der Waals surface area contributed by atoms with E-state index in [0.717, 1.165) is 0 Å². The van der Waals surface area contributed by atoms with Crippen LogP contribution in [-0.4, -0.2) is 228 Å². The molecule has 0 radical (unpaired) electrons. The van der Waals surface area contributed by atoms with Gasteiger partial charge < -0.3 is 119 Å². The number of phenolic OH excluding ortho intramolecular Hbond substituents is 1. The Morgan fingerprint density at radius 1 is 0.547 bits per heavy atom. The highest BCUT2D eigenvalue weighted by Gasteiger charge is 2.53. The molecule has 4 saturated heterocycles. The van der Waals surface area contributed by atoms with Crippen LogP contribution in [0.3, 0.4) is 0 Å². The number of aryl methyl sites for hydroxylation is 1. The van der Waals surface area contributed by atoms with Gasteiger partial charge in [-0.05, 0) is 35.9 Å². The molecule has 20 unspecified atom stereocenters. The molecule has 20 atom stereocenters. The first kappa shape index (κ1) is 48.4. The first-order valence-corrected chi connectivity index (χ1v) is 20.0. The van der Waals surface area contributed by atoms with Crippen LogP contribution in [0.1, 0.15) is 5.76 Å². The highest BCUT2D eigenvalue weighted by molar-refractivity contribution is 6.07. The van der Waals surface area contributed by atoms with Gasteiger partial charge >= 0.3 is 5.63 Å². The van der Waals surface area contributed by atoms with Gasteiger partial charge in [0.15, 0.2) is 18.9 Å². The van der Waals surface area contributed by atoms with Crippen LogP contribution in [-0.2, 0) is 33.2 Å². The second-order valence-corrected chi connectivity index (χ2v) is 15.9. The normalized spacial score (nSPS) is 40.7. The number of aliphatic hydroxyl groups is 13. The molecule has 7 rings (SSSR count). The summed E-state index contributed by atoms with van der Waals surface area (Å²) in [6, 6.07) is 5.94. The van der Waals surface area contributed by atoms with E-state index >= 15 is 0 Å². The van der Waals surface area contributed by atoms with E-state index in [9.17, 15) is 76.3 Å². The average Bonchev–Trinajstić information content (AvgIpc) is 3.26. The molecule has 4 aliphatic rings. The van der Waals surface area contributed by atoms with E-state index in [1.54, 1.807) is 13.0 Å². The van der Waals surface area contributed by atoms with E-state index in [2.05, 4.69) is 0 Å². The van der Waals surface area contributed by atoms with Crippen molar-refractivity contribution in [2.45, 2.75) is 130 Å². The molecule has 5 heterocycles. The summed E-state index contributed by atoms with van der Waals surface area (Å²) >= 11 is 0. The molecule has 0 bridgehead atoms. The number of aliphatic hydroxyl groups excluding tert-OH is 13. The predicted octanol–water partition coefficient (Wildman–Crippen LogP) is -6.38. The standard InChI is InChI=1S/C39H52O25/c1-11-3-12-4-13-5-14(55-2)6-15(20(13)26(46)21(12)35(54)58-11)59-38-31(51)28(48)23(43)18(62-38)10-57-37-33(53)34(25(45)17(8-41)61-37)64-39-32(52)29(49)24(44)19(63-39)9-56-36-30(50)27(47)22(42)16(7-40)60-36/h3-6,16-19,22-25,27-34,36-53H,7-10H2,1-2H3. The van der Waals surface area contributed by atoms with Gasteiger partial charge in [0.25, 0.3) is 0 Å². The topological polar surface area (TPSA) is 397 Å². The second-order valence-electron chi connectivity index (χ2n) is 15.9. The molecule has 14 N–H and O–H groups in total. The zero-order valence-corrected chi connectivity index (χ0v) is 33.9. The van der Waals surface area contributed by atoms with Gasteiger partial charge in [-0.25, -0.2) is 4.79 Å². The summed E-state index contributed by atoms with van der Waals surface area (Å²) < 4.78 is 55.6. The average molecular weight is 921 g/mol. The molecule has 3 aromatic rings. The van der Waals surface area contributed by atoms with Gasteiger partial charge in [0.05, 0.1) is 38.9 Å². The Balaban J connectivity index is 1.05. The van der Waals surface area contributed by atoms with Gasteiger partial charge in [0, 0.05) is 6.07 Å². The number of phenols is 1. The van der Waals surface area contributed by atoms with Crippen LogP contribution in [0.2, 0.25) is 0 Å². The number of hydrogen-bond donors (Lipinski definition) is 14. The Morgan fingerprint density at radius 3 is 1.61 bits per heavy atom. The number of benzene rings is 2. The van der Waals surface area contributed by atoms with Crippen LogP contribution in [0.4, 0.5) is 0 Å². The summed E-state index contributed by atoms with van der Waals surface area (Å²) in [6.45, 7) is -1.61. The Labute approximate surface area is 360 Å². The van der Waals surface area contributed by atoms with Crippen molar-refractivity contribution in [1.29, 1.82) is 0 Å². The Morgan fingerprint density at radius 2 is 1.03 bits per heavy atom. The number of aromatic hydroxyl groups is 1. The van der Waals surface area contributed by atoms with Crippen LogP contribution in [0.25, 0.3) is 21.5 Å². The number of ether oxygens (including phenoxy) is 9. The minimum Gasteiger partial charge on any atom is -0.506 e. The van der Waals surface area contributed by atoms with Crippen molar-refractivity contribution >= 4 is 21.5 Å². The van der Waals surface area contributed by atoms with Gasteiger partial charge in [-0.1, -0.05) is 0 Å². The minimum atomic E-state index is -2.05. The van der Waals surface area contributed by atoms with Crippen molar-refractivity contribution in [2.24, 2.45) is 0 Å². The lowest BCUT2D eigenvalue weighted by molar-refractivity contribution is -0.369. The molecule has 25 heteroatoms. The molecule has 0 aliphatic carbocycles. The highest BCUT2D eigenvalue weighted by Crippen LogP contribution is 2.42. The number of hydrogen-bond acceptors (Lipinski definition) is 25. The fraction of sp³-hybridized carbons (Fsp3) is 0.667. The fourth-order valence-corrected chi connectivity index (χ4v) is 8.00. The minimum absolute atomic E-state index is 0.0335. The van der Waals surface area contributed by atoms with Gasteiger partial charge in [-0.2, -0.15) is 0 Å². The molecule has 0 spiro atoms. The van der Waals surface area contributed by atoms with Crippen molar-refractivity contribution in [3.8, 4) is 17.2 Å². The zero-order valence-electron chi connectivity index (χ0n) is 33.9. The SMILES string of the molecule is COc1cc(OC2OC(COC3OC(CO)C(O)C(OC4OC(COC5OC(CO)C(O)C(O)C5O)C(O)C(O)C4O)C3O)C(O)C(O)C2O)c2c(O)c3c(=O)oc(C)cc3cc2c1. The van der Waals surface area contributed by atoms with Crippen LogP contribution >= 0.6 is 0 Å². The maximum absolute atomic E-state index is 12.8. The fourth-order valence-electron chi connectivity index (χ4n) is 8.00. The molecule has 4 aliphatic heterocycles. The summed E-state index contributed by atoms with van der Waals surface area (Å²) in [5.74, 6) is -0.251. The number of fused-ring (bicyclic) bond motifs is 2. The highest BCUT2D eigenvalue weighted by atomic mass is 16.8. The van der Waals surface area contributed by atoms with Crippen molar-refractivity contribution in [2.75, 3.05) is 33.5 Å².